The van der Waals surface area contributed by atoms with Gasteiger partial charge in [0.25, 0.3) is 0 Å². The van der Waals surface area contributed by atoms with E-state index in [2.05, 4.69) is 12.2 Å². The van der Waals surface area contributed by atoms with E-state index in [-0.39, 0.29) is 30.3 Å². The minimum atomic E-state index is -0.336. The van der Waals surface area contributed by atoms with Crippen LogP contribution in [-0.2, 0) is 14.3 Å². The monoisotopic (exact) mass is 291 g/mol. The molecule has 0 fully saturated rings. The van der Waals surface area contributed by atoms with Crippen molar-refractivity contribution in [1.29, 1.82) is 0 Å². The summed E-state index contributed by atoms with van der Waals surface area (Å²) in [5.41, 5.74) is 0.919. The molecule has 0 saturated carbocycles. The summed E-state index contributed by atoms with van der Waals surface area (Å²) in [6, 6.07) is 9.19. The zero-order valence-corrected chi connectivity index (χ0v) is 13.1. The van der Waals surface area contributed by atoms with E-state index in [1.54, 1.807) is 6.92 Å². The SMILES string of the molecule is CCCC(C)C(=O)NC(CC(=O)OCC)c1ccccc1. The number of nitrogens with one attached hydrogen (secondary N) is 1. The molecule has 1 aromatic rings. The zero-order chi connectivity index (χ0) is 15.7. The van der Waals surface area contributed by atoms with E-state index in [1.807, 2.05) is 37.3 Å². The first-order chi connectivity index (χ1) is 10.1. The molecule has 2 atom stereocenters. The van der Waals surface area contributed by atoms with E-state index in [4.69, 9.17) is 4.74 Å². The molecule has 0 aliphatic rings. The average Bonchev–Trinajstić information content (AvgIpc) is 2.48. The molecule has 0 aliphatic carbocycles. The Labute approximate surface area is 126 Å². The van der Waals surface area contributed by atoms with E-state index >= 15 is 0 Å². The maximum absolute atomic E-state index is 12.2. The van der Waals surface area contributed by atoms with E-state index in [1.165, 1.54) is 0 Å². The molecule has 0 spiro atoms. The molecule has 4 nitrogen and oxygen atoms in total. The fourth-order valence-corrected chi connectivity index (χ4v) is 2.20. The number of esters is 1. The summed E-state index contributed by atoms with van der Waals surface area (Å²) in [5, 5.41) is 2.97. The lowest BCUT2D eigenvalue weighted by Gasteiger charge is -2.21. The summed E-state index contributed by atoms with van der Waals surface area (Å²) in [7, 11) is 0. The summed E-state index contributed by atoms with van der Waals surface area (Å²) in [6.07, 6.45) is 1.96. The van der Waals surface area contributed by atoms with Crippen LogP contribution in [0.3, 0.4) is 0 Å². The highest BCUT2D eigenvalue weighted by Gasteiger charge is 2.21. The Morgan fingerprint density at radius 1 is 1.19 bits per heavy atom. The maximum atomic E-state index is 12.2. The Morgan fingerprint density at radius 2 is 1.86 bits per heavy atom. The Kier molecular flexibility index (Phi) is 7.51. The second-order valence-corrected chi connectivity index (χ2v) is 5.17. The van der Waals surface area contributed by atoms with Gasteiger partial charge >= 0.3 is 5.97 Å². The van der Waals surface area contributed by atoms with Crippen molar-refractivity contribution in [1.82, 2.24) is 5.32 Å². The Hall–Kier alpha value is -1.84. The molecule has 0 bridgehead atoms. The van der Waals surface area contributed by atoms with Crippen molar-refractivity contribution in [2.75, 3.05) is 6.61 Å². The number of benzene rings is 1. The molecule has 0 aromatic heterocycles. The van der Waals surface area contributed by atoms with Gasteiger partial charge in [-0.15, -0.1) is 0 Å². The van der Waals surface area contributed by atoms with Gasteiger partial charge < -0.3 is 10.1 Å². The molecule has 0 heterocycles. The van der Waals surface area contributed by atoms with Gasteiger partial charge in [-0.1, -0.05) is 50.6 Å². The van der Waals surface area contributed by atoms with Crippen LogP contribution in [0.15, 0.2) is 30.3 Å². The molecule has 1 N–H and O–H groups in total. The topological polar surface area (TPSA) is 55.4 Å². The summed E-state index contributed by atoms with van der Waals surface area (Å²) in [4.78, 5) is 23.9. The van der Waals surface area contributed by atoms with Crippen LogP contribution in [0.4, 0.5) is 0 Å². The molecule has 4 heteroatoms. The third kappa shape index (κ3) is 5.98. The Bertz CT molecular complexity index is 445. The minimum absolute atomic E-state index is 0.0185. The highest BCUT2D eigenvalue weighted by atomic mass is 16.5. The van der Waals surface area contributed by atoms with Crippen LogP contribution in [-0.4, -0.2) is 18.5 Å². The van der Waals surface area contributed by atoms with Crippen LogP contribution in [0.1, 0.15) is 51.6 Å². The third-order valence-electron chi connectivity index (χ3n) is 3.36. The number of amides is 1. The van der Waals surface area contributed by atoms with Gasteiger partial charge in [-0.2, -0.15) is 0 Å². The third-order valence-corrected chi connectivity index (χ3v) is 3.36. The molecular formula is C17H25NO3. The lowest BCUT2D eigenvalue weighted by Crippen LogP contribution is -2.34. The van der Waals surface area contributed by atoms with Crippen LogP contribution >= 0.6 is 0 Å². The van der Waals surface area contributed by atoms with E-state index in [9.17, 15) is 9.59 Å². The molecule has 1 amide bonds. The smallest absolute Gasteiger partial charge is 0.308 e. The number of ether oxygens (including phenoxy) is 1. The summed E-state index contributed by atoms with van der Waals surface area (Å²) in [6.45, 7) is 6.08. The lowest BCUT2D eigenvalue weighted by atomic mass is 10.0. The lowest BCUT2D eigenvalue weighted by molar-refractivity contribution is -0.143. The number of carbonyl (C=O) groups is 2. The number of carbonyl (C=O) groups excluding carboxylic acids is 2. The van der Waals surface area contributed by atoms with Crippen LogP contribution in [0.25, 0.3) is 0 Å². The van der Waals surface area contributed by atoms with Gasteiger partial charge in [0.05, 0.1) is 19.1 Å². The van der Waals surface area contributed by atoms with Gasteiger partial charge in [-0.25, -0.2) is 0 Å². The predicted molar refractivity (Wildman–Crippen MR) is 82.6 cm³/mol. The van der Waals surface area contributed by atoms with E-state index in [0.29, 0.717) is 6.61 Å². The first-order valence-corrected chi connectivity index (χ1v) is 7.59. The molecular weight excluding hydrogens is 266 g/mol. The zero-order valence-electron chi connectivity index (χ0n) is 13.1. The van der Waals surface area contributed by atoms with E-state index < -0.39 is 0 Å². The average molecular weight is 291 g/mol. The van der Waals surface area contributed by atoms with Crippen molar-refractivity contribution >= 4 is 11.9 Å². The van der Waals surface area contributed by atoms with Crippen LogP contribution in [0.2, 0.25) is 0 Å². The molecule has 1 aromatic carbocycles. The first-order valence-electron chi connectivity index (χ1n) is 7.59. The summed E-state index contributed by atoms with van der Waals surface area (Å²) in [5.74, 6) is -0.367. The molecule has 0 radical (unpaired) electrons. The molecule has 0 aliphatic heterocycles. The van der Waals surface area contributed by atoms with Crippen LogP contribution in [0, 0.1) is 5.92 Å². The molecule has 0 saturated heterocycles. The molecule has 116 valence electrons. The Morgan fingerprint density at radius 3 is 2.43 bits per heavy atom. The molecule has 1 rings (SSSR count). The van der Waals surface area contributed by atoms with Crippen molar-refractivity contribution < 1.29 is 14.3 Å². The standard InChI is InChI=1S/C17H25NO3/c1-4-9-13(3)17(20)18-15(12-16(19)21-5-2)14-10-7-6-8-11-14/h6-8,10-11,13,15H,4-5,9,12H2,1-3H3,(H,18,20). The van der Waals surface area contributed by atoms with Gasteiger partial charge in [0.15, 0.2) is 0 Å². The fraction of sp³-hybridized carbons (Fsp3) is 0.529. The van der Waals surface area contributed by atoms with Crippen molar-refractivity contribution in [3.05, 3.63) is 35.9 Å². The summed E-state index contributed by atoms with van der Waals surface area (Å²) < 4.78 is 4.99. The Balaban J connectivity index is 2.77. The highest BCUT2D eigenvalue weighted by Crippen LogP contribution is 2.18. The van der Waals surface area contributed by atoms with E-state index in [0.717, 1.165) is 18.4 Å². The van der Waals surface area contributed by atoms with Crippen molar-refractivity contribution in [3.8, 4) is 0 Å². The van der Waals surface area contributed by atoms with Gasteiger partial charge in [-0.05, 0) is 18.9 Å². The quantitative estimate of drug-likeness (QED) is 0.748. The van der Waals surface area contributed by atoms with Crippen LogP contribution < -0.4 is 5.32 Å². The highest BCUT2D eigenvalue weighted by molar-refractivity contribution is 5.80. The largest absolute Gasteiger partial charge is 0.466 e. The second-order valence-electron chi connectivity index (χ2n) is 5.17. The first kappa shape index (κ1) is 17.2. The van der Waals surface area contributed by atoms with Gasteiger partial charge in [0, 0.05) is 5.92 Å². The van der Waals surface area contributed by atoms with Crippen molar-refractivity contribution in [2.24, 2.45) is 5.92 Å². The normalized spacial score (nSPS) is 13.3. The summed E-state index contributed by atoms with van der Waals surface area (Å²) >= 11 is 0. The van der Waals surface area contributed by atoms with Crippen molar-refractivity contribution in [3.63, 3.8) is 0 Å². The van der Waals surface area contributed by atoms with Crippen LogP contribution in [0.5, 0.6) is 0 Å². The van der Waals surface area contributed by atoms with Gasteiger partial charge in [0.2, 0.25) is 5.91 Å². The van der Waals surface area contributed by atoms with Gasteiger partial charge in [0.1, 0.15) is 0 Å². The molecule has 21 heavy (non-hydrogen) atoms. The fourth-order valence-electron chi connectivity index (χ4n) is 2.20. The van der Waals surface area contributed by atoms with Gasteiger partial charge in [-0.3, -0.25) is 9.59 Å². The maximum Gasteiger partial charge on any atom is 0.308 e. The minimum Gasteiger partial charge on any atom is -0.466 e. The number of hydrogen-bond donors (Lipinski definition) is 1. The molecule has 2 unspecified atom stereocenters. The van der Waals surface area contributed by atoms with Crippen molar-refractivity contribution in [2.45, 2.75) is 46.1 Å². The number of rotatable bonds is 8. The predicted octanol–water partition coefficient (Wildman–Crippen LogP) is 3.23. The second kappa shape index (κ2) is 9.16. The number of hydrogen-bond acceptors (Lipinski definition) is 3.